The number of hydrogen-bond acceptors (Lipinski definition) is 5. The number of nitrogens with one attached hydrogen (secondary N) is 1. The summed E-state index contributed by atoms with van der Waals surface area (Å²) in [4.78, 5) is 23.5. The van der Waals surface area contributed by atoms with Gasteiger partial charge in [0.15, 0.2) is 0 Å². The Labute approximate surface area is 152 Å². The summed E-state index contributed by atoms with van der Waals surface area (Å²) in [6, 6.07) is 14.7. The van der Waals surface area contributed by atoms with E-state index in [1.54, 1.807) is 30.3 Å². The van der Waals surface area contributed by atoms with Crippen LogP contribution in [0.2, 0.25) is 0 Å². The van der Waals surface area contributed by atoms with E-state index >= 15 is 0 Å². The average Bonchev–Trinajstić information content (AvgIpc) is 2.64. The molecule has 2 rings (SSSR count). The van der Waals surface area contributed by atoms with Gasteiger partial charge in [-0.05, 0) is 36.4 Å². The van der Waals surface area contributed by atoms with E-state index < -0.39 is 16.0 Å². The van der Waals surface area contributed by atoms with Crippen molar-refractivity contribution in [3.05, 3.63) is 65.7 Å². The molecule has 0 spiro atoms. The lowest BCUT2D eigenvalue weighted by molar-refractivity contribution is 0.0600. The molecule has 0 aliphatic carbocycles. The van der Waals surface area contributed by atoms with Gasteiger partial charge in [-0.1, -0.05) is 18.2 Å². The van der Waals surface area contributed by atoms with Crippen LogP contribution in [0.4, 0.5) is 5.69 Å². The molecule has 0 atom stereocenters. The van der Waals surface area contributed by atoms with Crippen molar-refractivity contribution in [2.45, 2.75) is 0 Å². The van der Waals surface area contributed by atoms with Crippen molar-refractivity contribution >= 4 is 27.6 Å². The number of carbonyl (C=O) groups is 2. The van der Waals surface area contributed by atoms with Gasteiger partial charge >= 0.3 is 5.97 Å². The van der Waals surface area contributed by atoms with Gasteiger partial charge in [-0.15, -0.1) is 0 Å². The minimum atomic E-state index is -3.55. The number of carbonyl (C=O) groups excluding carboxylic acids is 2. The number of amides is 1. The molecule has 138 valence electrons. The lowest BCUT2D eigenvalue weighted by Gasteiger charge is -2.22. The number of rotatable bonds is 7. The molecule has 0 bridgehead atoms. The first-order chi connectivity index (χ1) is 12.3. The summed E-state index contributed by atoms with van der Waals surface area (Å²) in [6.07, 6.45) is 1.08. The summed E-state index contributed by atoms with van der Waals surface area (Å²) in [5.41, 5.74) is 1.22. The van der Waals surface area contributed by atoms with Crippen LogP contribution in [-0.2, 0) is 14.8 Å². The molecule has 7 nitrogen and oxygen atoms in total. The summed E-state index contributed by atoms with van der Waals surface area (Å²) < 4.78 is 29.9. The molecule has 1 N–H and O–H groups in total. The smallest absolute Gasteiger partial charge is 0.337 e. The van der Waals surface area contributed by atoms with Crippen LogP contribution < -0.4 is 9.62 Å². The van der Waals surface area contributed by atoms with Gasteiger partial charge in [0, 0.05) is 12.1 Å². The normalized spacial score (nSPS) is 10.8. The van der Waals surface area contributed by atoms with E-state index in [0.717, 1.165) is 6.26 Å². The molecule has 1 amide bonds. The fourth-order valence-corrected chi connectivity index (χ4v) is 3.26. The third-order valence-electron chi connectivity index (χ3n) is 3.61. The van der Waals surface area contributed by atoms with Crippen LogP contribution in [0.1, 0.15) is 20.7 Å². The first-order valence-electron chi connectivity index (χ1n) is 7.82. The van der Waals surface area contributed by atoms with Gasteiger partial charge in [0.1, 0.15) is 0 Å². The Morgan fingerprint density at radius 2 is 1.62 bits per heavy atom. The maximum absolute atomic E-state index is 12.1. The largest absolute Gasteiger partial charge is 0.465 e. The number of hydrogen-bond donors (Lipinski definition) is 1. The van der Waals surface area contributed by atoms with Gasteiger partial charge in [-0.25, -0.2) is 13.2 Å². The second kappa shape index (κ2) is 8.48. The summed E-state index contributed by atoms with van der Waals surface area (Å²) >= 11 is 0. The Kier molecular flexibility index (Phi) is 6.35. The van der Waals surface area contributed by atoms with E-state index in [-0.39, 0.29) is 19.0 Å². The van der Waals surface area contributed by atoms with Crippen LogP contribution in [0.25, 0.3) is 0 Å². The molecule has 0 unspecified atom stereocenters. The predicted octanol–water partition coefficient (Wildman–Crippen LogP) is 1.67. The Bertz CT molecular complexity index is 864. The van der Waals surface area contributed by atoms with Crippen molar-refractivity contribution in [2.75, 3.05) is 30.8 Å². The van der Waals surface area contributed by atoms with Crippen molar-refractivity contribution in [2.24, 2.45) is 0 Å². The van der Waals surface area contributed by atoms with Crippen molar-refractivity contribution in [1.82, 2.24) is 5.32 Å². The van der Waals surface area contributed by atoms with Crippen LogP contribution in [0.3, 0.4) is 0 Å². The van der Waals surface area contributed by atoms with E-state index in [2.05, 4.69) is 10.1 Å². The number of esters is 1. The summed E-state index contributed by atoms with van der Waals surface area (Å²) in [5, 5.41) is 2.69. The van der Waals surface area contributed by atoms with Crippen LogP contribution >= 0.6 is 0 Å². The number of ether oxygens (including phenoxy) is 1. The van der Waals surface area contributed by atoms with Gasteiger partial charge in [-0.2, -0.15) is 0 Å². The van der Waals surface area contributed by atoms with E-state index in [1.807, 2.05) is 0 Å². The fourth-order valence-electron chi connectivity index (χ4n) is 2.33. The van der Waals surface area contributed by atoms with Crippen molar-refractivity contribution in [3.63, 3.8) is 0 Å². The molecular formula is C18H20N2O5S. The molecule has 2 aromatic carbocycles. The zero-order chi connectivity index (χ0) is 19.2. The highest BCUT2D eigenvalue weighted by Gasteiger charge is 2.18. The van der Waals surface area contributed by atoms with Crippen molar-refractivity contribution < 1.29 is 22.7 Å². The second-order valence-electron chi connectivity index (χ2n) is 5.50. The predicted molar refractivity (Wildman–Crippen MR) is 98.7 cm³/mol. The van der Waals surface area contributed by atoms with Gasteiger partial charge in [0.25, 0.3) is 5.91 Å². The molecule has 0 saturated carbocycles. The molecule has 26 heavy (non-hydrogen) atoms. The molecule has 8 heteroatoms. The molecule has 0 saturated heterocycles. The van der Waals surface area contributed by atoms with E-state index in [1.165, 1.54) is 35.7 Å². The monoisotopic (exact) mass is 376 g/mol. The molecular weight excluding hydrogens is 356 g/mol. The lowest BCUT2D eigenvalue weighted by atomic mass is 10.2. The molecule has 0 aliphatic rings. The zero-order valence-corrected chi connectivity index (χ0v) is 15.3. The Morgan fingerprint density at radius 1 is 1.00 bits per heavy atom. The molecule has 2 aromatic rings. The van der Waals surface area contributed by atoms with E-state index in [4.69, 9.17) is 0 Å². The Morgan fingerprint density at radius 3 is 2.15 bits per heavy atom. The average molecular weight is 376 g/mol. The maximum Gasteiger partial charge on any atom is 0.337 e. The number of anilines is 1. The lowest BCUT2D eigenvalue weighted by Crippen LogP contribution is -2.38. The quantitative estimate of drug-likeness (QED) is 0.742. The van der Waals surface area contributed by atoms with Gasteiger partial charge in [0.2, 0.25) is 10.0 Å². The number of nitrogens with zero attached hydrogens (tertiary/aromatic N) is 1. The van der Waals surface area contributed by atoms with Crippen LogP contribution in [0, 0.1) is 0 Å². The summed E-state index contributed by atoms with van der Waals surface area (Å²) in [7, 11) is -2.28. The van der Waals surface area contributed by atoms with Crippen LogP contribution in [0.5, 0.6) is 0 Å². The van der Waals surface area contributed by atoms with E-state index in [9.17, 15) is 18.0 Å². The SMILES string of the molecule is COC(=O)c1ccc(N(CCNC(=O)c2ccccc2)S(C)(=O)=O)cc1. The fraction of sp³-hybridized carbons (Fsp3) is 0.222. The maximum atomic E-state index is 12.1. The highest BCUT2D eigenvalue weighted by atomic mass is 32.2. The summed E-state index contributed by atoms with van der Waals surface area (Å²) in [6.45, 7) is 0.203. The zero-order valence-electron chi connectivity index (χ0n) is 14.5. The molecule has 0 fully saturated rings. The highest BCUT2D eigenvalue weighted by Crippen LogP contribution is 2.18. The first-order valence-corrected chi connectivity index (χ1v) is 9.67. The Balaban J connectivity index is 2.06. The van der Waals surface area contributed by atoms with Crippen molar-refractivity contribution in [1.29, 1.82) is 0 Å². The topological polar surface area (TPSA) is 92.8 Å². The molecule has 0 aromatic heterocycles. The summed E-state index contributed by atoms with van der Waals surface area (Å²) in [5.74, 6) is -0.780. The minimum absolute atomic E-state index is 0.0645. The molecule has 0 heterocycles. The molecule has 0 radical (unpaired) electrons. The number of sulfonamides is 1. The first kappa shape index (κ1) is 19.5. The van der Waals surface area contributed by atoms with Gasteiger partial charge in [-0.3, -0.25) is 9.10 Å². The van der Waals surface area contributed by atoms with Crippen LogP contribution in [-0.4, -0.2) is 46.7 Å². The molecule has 0 aliphatic heterocycles. The van der Waals surface area contributed by atoms with Crippen molar-refractivity contribution in [3.8, 4) is 0 Å². The minimum Gasteiger partial charge on any atom is -0.465 e. The Hall–Kier alpha value is -2.87. The number of methoxy groups -OCH3 is 1. The third-order valence-corrected chi connectivity index (χ3v) is 4.81. The number of benzene rings is 2. The van der Waals surface area contributed by atoms with Crippen LogP contribution in [0.15, 0.2) is 54.6 Å². The third kappa shape index (κ3) is 5.06. The standard InChI is InChI=1S/C18H20N2O5S/c1-25-18(22)15-8-10-16(11-9-15)20(26(2,23)24)13-12-19-17(21)14-6-4-3-5-7-14/h3-11H,12-13H2,1-2H3,(H,19,21). The van der Waals surface area contributed by atoms with Gasteiger partial charge < -0.3 is 10.1 Å². The second-order valence-corrected chi connectivity index (χ2v) is 7.40. The highest BCUT2D eigenvalue weighted by molar-refractivity contribution is 7.92. The van der Waals surface area contributed by atoms with E-state index in [0.29, 0.717) is 16.8 Å². The van der Waals surface area contributed by atoms with Gasteiger partial charge in [0.05, 0.1) is 31.2 Å².